The van der Waals surface area contributed by atoms with E-state index >= 15 is 0 Å². The third-order valence-electron chi connectivity index (χ3n) is 5.43. The first-order chi connectivity index (χ1) is 12.9. The SMILES string of the molecule is CC1(C)CC(=O)C2=C(C1)N(c1ccc(F)cc1)C(=O)C[C@H]2c1ccccc1. The standard InChI is InChI=1S/C23H22FNO2/c1-23(2)13-19-22(20(26)14-23)18(15-6-4-3-5-7-15)12-21(27)25(19)17-10-8-16(24)9-11-17/h3-11,18H,12-14H2,1-2H3/t18-/m0/s1. The molecule has 1 amide bonds. The van der Waals surface area contributed by atoms with Gasteiger partial charge in [0.25, 0.3) is 0 Å². The second-order valence-electron chi connectivity index (χ2n) is 8.17. The van der Waals surface area contributed by atoms with Crippen LogP contribution in [0.5, 0.6) is 0 Å². The van der Waals surface area contributed by atoms with Crippen molar-refractivity contribution in [3.05, 3.63) is 77.2 Å². The van der Waals surface area contributed by atoms with Crippen molar-refractivity contribution in [1.82, 2.24) is 0 Å². The van der Waals surface area contributed by atoms with Gasteiger partial charge in [-0.2, -0.15) is 0 Å². The minimum absolute atomic E-state index is 0.0558. The van der Waals surface area contributed by atoms with E-state index < -0.39 is 0 Å². The molecule has 1 heterocycles. The van der Waals surface area contributed by atoms with Crippen LogP contribution in [0.4, 0.5) is 10.1 Å². The number of allylic oxidation sites excluding steroid dienone is 2. The number of hydrogen-bond acceptors (Lipinski definition) is 2. The van der Waals surface area contributed by atoms with Gasteiger partial charge in [0.05, 0.1) is 0 Å². The maximum absolute atomic E-state index is 13.4. The van der Waals surface area contributed by atoms with Gasteiger partial charge in [-0.15, -0.1) is 0 Å². The number of anilines is 1. The molecule has 0 N–H and O–H groups in total. The summed E-state index contributed by atoms with van der Waals surface area (Å²) in [7, 11) is 0. The van der Waals surface area contributed by atoms with Gasteiger partial charge < -0.3 is 0 Å². The zero-order valence-electron chi connectivity index (χ0n) is 15.5. The molecule has 1 aliphatic carbocycles. The quantitative estimate of drug-likeness (QED) is 0.754. The zero-order valence-corrected chi connectivity index (χ0v) is 15.5. The van der Waals surface area contributed by atoms with Crippen molar-refractivity contribution in [2.45, 2.75) is 39.0 Å². The summed E-state index contributed by atoms with van der Waals surface area (Å²) in [5.41, 5.74) is 2.90. The molecule has 1 aliphatic heterocycles. The third-order valence-corrected chi connectivity index (χ3v) is 5.43. The molecule has 0 unspecified atom stereocenters. The predicted molar refractivity (Wildman–Crippen MR) is 103 cm³/mol. The van der Waals surface area contributed by atoms with Crippen molar-refractivity contribution >= 4 is 17.4 Å². The first-order valence-corrected chi connectivity index (χ1v) is 9.25. The van der Waals surface area contributed by atoms with Crippen LogP contribution in [-0.2, 0) is 9.59 Å². The van der Waals surface area contributed by atoms with Crippen LogP contribution in [0.2, 0.25) is 0 Å². The Bertz CT molecular complexity index is 929. The monoisotopic (exact) mass is 363 g/mol. The molecule has 1 atom stereocenters. The predicted octanol–water partition coefficient (Wildman–Crippen LogP) is 4.99. The molecule has 4 heteroatoms. The number of nitrogens with zero attached hydrogens (tertiary/aromatic N) is 1. The highest BCUT2D eigenvalue weighted by Gasteiger charge is 2.44. The Balaban J connectivity index is 1.89. The van der Waals surface area contributed by atoms with Crippen LogP contribution in [0.15, 0.2) is 65.9 Å². The summed E-state index contributed by atoms with van der Waals surface area (Å²) in [5.74, 6) is -0.511. The van der Waals surface area contributed by atoms with Crippen LogP contribution >= 0.6 is 0 Å². The molecule has 3 nitrogen and oxygen atoms in total. The van der Waals surface area contributed by atoms with Crippen molar-refractivity contribution < 1.29 is 14.0 Å². The molecule has 0 fully saturated rings. The van der Waals surface area contributed by atoms with Gasteiger partial charge in [0, 0.05) is 35.7 Å². The second kappa shape index (κ2) is 6.45. The highest BCUT2D eigenvalue weighted by molar-refractivity contribution is 6.07. The van der Waals surface area contributed by atoms with Gasteiger partial charge in [0.2, 0.25) is 5.91 Å². The number of Topliss-reactive ketones (excluding diaryl/α,β-unsaturated/α-hetero) is 1. The van der Waals surface area contributed by atoms with E-state index in [9.17, 15) is 14.0 Å². The molecular weight excluding hydrogens is 341 g/mol. The van der Waals surface area contributed by atoms with Gasteiger partial charge in [0.1, 0.15) is 5.82 Å². The van der Waals surface area contributed by atoms with E-state index in [0.717, 1.165) is 16.8 Å². The van der Waals surface area contributed by atoms with E-state index in [1.54, 1.807) is 17.0 Å². The average Bonchev–Trinajstić information content (AvgIpc) is 2.62. The smallest absolute Gasteiger partial charge is 0.232 e. The van der Waals surface area contributed by atoms with Gasteiger partial charge in [-0.1, -0.05) is 44.2 Å². The first-order valence-electron chi connectivity index (χ1n) is 9.25. The Labute approximate surface area is 158 Å². The average molecular weight is 363 g/mol. The largest absolute Gasteiger partial charge is 0.294 e. The molecule has 27 heavy (non-hydrogen) atoms. The molecule has 0 bridgehead atoms. The van der Waals surface area contributed by atoms with E-state index in [0.29, 0.717) is 18.5 Å². The fourth-order valence-electron chi connectivity index (χ4n) is 4.28. The lowest BCUT2D eigenvalue weighted by atomic mass is 9.69. The van der Waals surface area contributed by atoms with E-state index in [2.05, 4.69) is 0 Å². The Morgan fingerprint density at radius 3 is 2.30 bits per heavy atom. The summed E-state index contributed by atoms with van der Waals surface area (Å²) in [4.78, 5) is 27.9. The normalized spacial score (nSPS) is 22.0. The van der Waals surface area contributed by atoms with Crippen LogP contribution in [-0.4, -0.2) is 11.7 Å². The van der Waals surface area contributed by atoms with Gasteiger partial charge in [-0.05, 0) is 41.7 Å². The molecular formula is C23H22FNO2. The summed E-state index contributed by atoms with van der Waals surface area (Å²) in [6, 6.07) is 15.7. The topological polar surface area (TPSA) is 37.4 Å². The molecule has 0 saturated carbocycles. The molecule has 2 aliphatic rings. The van der Waals surface area contributed by atoms with Crippen molar-refractivity contribution in [2.24, 2.45) is 5.41 Å². The highest BCUT2D eigenvalue weighted by atomic mass is 19.1. The number of amides is 1. The number of ketones is 1. The first kappa shape index (κ1) is 17.7. The Hall–Kier alpha value is -2.75. The summed E-state index contributed by atoms with van der Waals surface area (Å²) in [6.45, 7) is 4.10. The third kappa shape index (κ3) is 3.20. The van der Waals surface area contributed by atoms with E-state index in [1.165, 1.54) is 12.1 Å². The fourth-order valence-corrected chi connectivity index (χ4v) is 4.28. The van der Waals surface area contributed by atoms with Crippen LogP contribution in [0.25, 0.3) is 0 Å². The van der Waals surface area contributed by atoms with E-state index in [4.69, 9.17) is 0 Å². The summed E-state index contributed by atoms with van der Waals surface area (Å²) in [6.07, 6.45) is 1.35. The van der Waals surface area contributed by atoms with Gasteiger partial charge in [-0.3, -0.25) is 14.5 Å². The summed E-state index contributed by atoms with van der Waals surface area (Å²) in [5, 5.41) is 0. The van der Waals surface area contributed by atoms with Gasteiger partial charge >= 0.3 is 0 Å². The molecule has 0 spiro atoms. The van der Waals surface area contributed by atoms with E-state index in [-0.39, 0.29) is 35.3 Å². The molecule has 0 aromatic heterocycles. The molecule has 2 aromatic carbocycles. The fraction of sp³-hybridized carbons (Fsp3) is 0.304. The minimum Gasteiger partial charge on any atom is -0.294 e. The zero-order chi connectivity index (χ0) is 19.2. The molecule has 0 radical (unpaired) electrons. The van der Waals surface area contributed by atoms with E-state index in [1.807, 2.05) is 44.2 Å². The number of rotatable bonds is 2. The molecule has 2 aromatic rings. The number of benzene rings is 2. The number of carbonyl (C=O) groups is 2. The van der Waals surface area contributed by atoms with Crippen LogP contribution in [0, 0.1) is 11.2 Å². The van der Waals surface area contributed by atoms with Crippen molar-refractivity contribution in [1.29, 1.82) is 0 Å². The van der Waals surface area contributed by atoms with Crippen molar-refractivity contribution in [3.8, 4) is 0 Å². The Morgan fingerprint density at radius 1 is 0.963 bits per heavy atom. The highest BCUT2D eigenvalue weighted by Crippen LogP contribution is 2.48. The summed E-state index contributed by atoms with van der Waals surface area (Å²) < 4.78 is 13.4. The number of halogens is 1. The van der Waals surface area contributed by atoms with Crippen molar-refractivity contribution in [3.63, 3.8) is 0 Å². The lowest BCUT2D eigenvalue weighted by molar-refractivity contribution is -0.121. The Morgan fingerprint density at radius 2 is 1.63 bits per heavy atom. The number of carbonyl (C=O) groups excluding carboxylic acids is 2. The van der Waals surface area contributed by atoms with Gasteiger partial charge in [-0.25, -0.2) is 4.39 Å². The second-order valence-corrected chi connectivity index (χ2v) is 8.17. The molecule has 4 rings (SSSR count). The van der Waals surface area contributed by atoms with Gasteiger partial charge in [0.15, 0.2) is 5.78 Å². The van der Waals surface area contributed by atoms with Crippen LogP contribution in [0.3, 0.4) is 0 Å². The minimum atomic E-state index is -0.348. The van der Waals surface area contributed by atoms with Crippen LogP contribution < -0.4 is 4.90 Å². The number of hydrogen-bond donors (Lipinski definition) is 0. The lowest BCUT2D eigenvalue weighted by Crippen LogP contribution is -2.43. The Kier molecular flexibility index (Phi) is 4.22. The molecule has 0 saturated heterocycles. The van der Waals surface area contributed by atoms with Crippen LogP contribution in [0.1, 0.15) is 44.6 Å². The molecule has 138 valence electrons. The lowest BCUT2D eigenvalue weighted by Gasteiger charge is -2.43. The maximum atomic E-state index is 13.4. The maximum Gasteiger partial charge on any atom is 0.232 e. The van der Waals surface area contributed by atoms with Crippen molar-refractivity contribution in [2.75, 3.05) is 4.90 Å². The summed E-state index contributed by atoms with van der Waals surface area (Å²) >= 11 is 0.